The van der Waals surface area contributed by atoms with Crippen LogP contribution in [0.2, 0.25) is 0 Å². The number of hydrogen-bond donors (Lipinski definition) is 8. The Kier molecular flexibility index (Phi) is 17.2. The summed E-state index contributed by atoms with van der Waals surface area (Å²) >= 11 is 0. The largest absolute Gasteiger partial charge is 0.508 e. The van der Waals surface area contributed by atoms with E-state index in [1.165, 1.54) is 19.2 Å². The van der Waals surface area contributed by atoms with Gasteiger partial charge in [0.05, 0.1) is 6.54 Å². The fourth-order valence-electron chi connectivity index (χ4n) is 6.62. The van der Waals surface area contributed by atoms with Gasteiger partial charge in [-0.3, -0.25) is 24.0 Å². The van der Waals surface area contributed by atoms with Gasteiger partial charge in [-0.1, -0.05) is 86.6 Å². The number of hydrogen-bond acceptors (Lipinski definition) is 8. The molecule has 0 saturated carbocycles. The maximum atomic E-state index is 14.0. The van der Waals surface area contributed by atoms with Crippen molar-refractivity contribution in [3.8, 4) is 5.75 Å². The monoisotopic (exact) mass is 813 g/mol. The van der Waals surface area contributed by atoms with Crippen molar-refractivity contribution in [1.29, 1.82) is 0 Å². The zero-order valence-electron chi connectivity index (χ0n) is 33.6. The second-order valence-electron chi connectivity index (χ2n) is 15.0. The number of nitrogens with zero attached hydrogens (tertiary/aromatic N) is 1. The Labute approximate surface area is 343 Å². The molecule has 3 aromatic rings. The van der Waals surface area contributed by atoms with Crippen molar-refractivity contribution in [2.75, 3.05) is 20.1 Å². The lowest BCUT2D eigenvalue weighted by Gasteiger charge is -2.29. The molecule has 316 valence electrons. The number of aromatic hydroxyl groups is 1. The van der Waals surface area contributed by atoms with E-state index in [1.54, 1.807) is 56.3 Å². The summed E-state index contributed by atoms with van der Waals surface area (Å²) in [6, 6.07) is 17.4. The van der Waals surface area contributed by atoms with Crippen LogP contribution in [-0.2, 0) is 48.0 Å². The van der Waals surface area contributed by atoms with E-state index in [-0.39, 0.29) is 38.0 Å². The highest BCUT2D eigenvalue weighted by molar-refractivity contribution is 5.96. The lowest BCUT2D eigenvalue weighted by molar-refractivity contribution is -0.139. The number of carboxylic acids is 1. The number of carbonyl (C=O) groups is 7. The van der Waals surface area contributed by atoms with Crippen LogP contribution in [0.25, 0.3) is 0 Å². The number of rotatable bonds is 11. The predicted octanol–water partition coefficient (Wildman–Crippen LogP) is 1.80. The first-order valence-electron chi connectivity index (χ1n) is 19.8. The number of urea groups is 1. The van der Waals surface area contributed by atoms with Gasteiger partial charge in [0.1, 0.15) is 36.0 Å². The number of carboxylic acid groups (broad SMARTS) is 1. The minimum absolute atomic E-state index is 0.0106. The SMILES string of the molecule is CC(C)C1NC(=O)C(NC(=O)NC(Cc2ccccc2)C(=O)O)CCCCNC(=O)C(Cc2ccccc2)NC(=O)CN(C)C(=O)C(CCc2ccc(O)cc2)NC1=O. The topological polar surface area (TPSA) is 235 Å². The Morgan fingerprint density at radius 1 is 0.780 bits per heavy atom. The van der Waals surface area contributed by atoms with E-state index in [4.69, 9.17) is 0 Å². The highest BCUT2D eigenvalue weighted by Crippen LogP contribution is 2.15. The van der Waals surface area contributed by atoms with Crippen LogP contribution in [-0.4, -0.2) is 107 Å². The van der Waals surface area contributed by atoms with Crippen LogP contribution in [0.1, 0.15) is 56.2 Å². The van der Waals surface area contributed by atoms with Crippen LogP contribution < -0.4 is 31.9 Å². The van der Waals surface area contributed by atoms with E-state index in [0.717, 1.165) is 16.0 Å². The highest BCUT2D eigenvalue weighted by Gasteiger charge is 2.33. The molecule has 0 spiro atoms. The molecular formula is C43H55N7O9. The molecule has 3 aromatic carbocycles. The molecule has 1 fully saturated rings. The molecule has 0 radical (unpaired) electrons. The molecule has 0 bridgehead atoms. The smallest absolute Gasteiger partial charge is 0.326 e. The third-order valence-corrected chi connectivity index (χ3v) is 9.94. The van der Waals surface area contributed by atoms with Gasteiger partial charge in [-0.25, -0.2) is 9.59 Å². The molecule has 1 aliphatic heterocycles. The van der Waals surface area contributed by atoms with Crippen LogP contribution in [0, 0.1) is 5.92 Å². The normalized spacial score (nSPS) is 20.7. The Balaban J connectivity index is 1.60. The van der Waals surface area contributed by atoms with E-state index >= 15 is 0 Å². The number of nitrogens with one attached hydrogen (secondary N) is 6. The first-order valence-corrected chi connectivity index (χ1v) is 19.8. The summed E-state index contributed by atoms with van der Waals surface area (Å²) in [6.07, 6.45) is 1.29. The molecule has 59 heavy (non-hydrogen) atoms. The molecule has 4 rings (SSSR count). The summed E-state index contributed by atoms with van der Waals surface area (Å²) in [4.78, 5) is 95.3. The van der Waals surface area contributed by atoms with Crippen molar-refractivity contribution < 1.29 is 43.8 Å². The maximum Gasteiger partial charge on any atom is 0.326 e. The quantitative estimate of drug-likeness (QED) is 0.141. The Morgan fingerprint density at radius 3 is 2.05 bits per heavy atom. The van der Waals surface area contributed by atoms with E-state index < -0.39 is 84.2 Å². The Bertz CT molecular complexity index is 1890. The summed E-state index contributed by atoms with van der Waals surface area (Å²) in [5.74, 6) is -4.74. The molecule has 1 aliphatic rings. The van der Waals surface area contributed by atoms with Gasteiger partial charge >= 0.3 is 12.0 Å². The molecule has 16 nitrogen and oxygen atoms in total. The maximum absolute atomic E-state index is 14.0. The van der Waals surface area contributed by atoms with Gasteiger partial charge in [-0.15, -0.1) is 0 Å². The predicted molar refractivity (Wildman–Crippen MR) is 219 cm³/mol. The second kappa shape index (κ2) is 22.5. The van der Waals surface area contributed by atoms with Crippen LogP contribution in [0.3, 0.4) is 0 Å². The van der Waals surface area contributed by atoms with Crippen molar-refractivity contribution in [3.63, 3.8) is 0 Å². The van der Waals surface area contributed by atoms with Gasteiger partial charge in [-0.2, -0.15) is 0 Å². The van der Waals surface area contributed by atoms with Crippen molar-refractivity contribution in [2.24, 2.45) is 5.92 Å². The zero-order chi connectivity index (χ0) is 42.9. The summed E-state index contributed by atoms with van der Waals surface area (Å²) < 4.78 is 0. The molecule has 5 atom stereocenters. The molecule has 1 saturated heterocycles. The average molecular weight is 814 g/mol. The summed E-state index contributed by atoms with van der Waals surface area (Å²) in [5, 5.41) is 35.7. The minimum Gasteiger partial charge on any atom is -0.508 e. The third-order valence-electron chi connectivity index (χ3n) is 9.94. The zero-order valence-corrected chi connectivity index (χ0v) is 33.6. The van der Waals surface area contributed by atoms with Gasteiger partial charge < -0.3 is 47.0 Å². The number of phenolic OH excluding ortho intramolecular Hbond substituents is 1. The van der Waals surface area contributed by atoms with Crippen LogP contribution in [0.15, 0.2) is 84.9 Å². The Morgan fingerprint density at radius 2 is 1.42 bits per heavy atom. The summed E-state index contributed by atoms with van der Waals surface area (Å²) in [5.41, 5.74) is 2.24. The van der Waals surface area contributed by atoms with Crippen molar-refractivity contribution >= 4 is 41.5 Å². The number of aryl methyl sites for hydroxylation is 1. The lowest BCUT2D eigenvalue weighted by Crippen LogP contribution is -2.59. The number of carbonyl (C=O) groups excluding carboxylic acids is 6. The second-order valence-corrected chi connectivity index (χ2v) is 15.0. The van der Waals surface area contributed by atoms with E-state index in [2.05, 4.69) is 31.9 Å². The molecule has 0 aliphatic carbocycles. The van der Waals surface area contributed by atoms with Gasteiger partial charge in [-0.05, 0) is 66.8 Å². The van der Waals surface area contributed by atoms with Crippen molar-refractivity contribution in [3.05, 3.63) is 102 Å². The van der Waals surface area contributed by atoms with E-state index in [1.807, 2.05) is 30.3 Å². The number of likely N-dealkylation sites (N-methyl/N-ethyl adjacent to an activating group) is 1. The molecule has 16 heteroatoms. The number of aliphatic carboxylic acids is 1. The summed E-state index contributed by atoms with van der Waals surface area (Å²) in [7, 11) is 1.41. The van der Waals surface area contributed by atoms with E-state index in [9.17, 15) is 43.8 Å². The van der Waals surface area contributed by atoms with Gasteiger partial charge in [0.25, 0.3) is 0 Å². The molecule has 5 unspecified atom stereocenters. The number of phenols is 1. The van der Waals surface area contributed by atoms with Crippen LogP contribution >= 0.6 is 0 Å². The van der Waals surface area contributed by atoms with E-state index in [0.29, 0.717) is 24.8 Å². The van der Waals surface area contributed by atoms with Crippen molar-refractivity contribution in [2.45, 2.75) is 89.0 Å². The molecule has 8 N–H and O–H groups in total. The number of benzene rings is 3. The lowest BCUT2D eigenvalue weighted by atomic mass is 9.99. The first-order chi connectivity index (χ1) is 28.2. The van der Waals surface area contributed by atoms with Gasteiger partial charge in [0, 0.05) is 26.4 Å². The van der Waals surface area contributed by atoms with Gasteiger partial charge in [0.15, 0.2) is 0 Å². The molecular weight excluding hydrogens is 759 g/mol. The fraction of sp³-hybridized carbons (Fsp3) is 0.419. The van der Waals surface area contributed by atoms with Crippen LogP contribution in [0.5, 0.6) is 5.75 Å². The minimum atomic E-state index is -1.31. The van der Waals surface area contributed by atoms with Gasteiger partial charge in [0.2, 0.25) is 29.5 Å². The highest BCUT2D eigenvalue weighted by atomic mass is 16.4. The van der Waals surface area contributed by atoms with Crippen LogP contribution in [0.4, 0.5) is 4.79 Å². The fourth-order valence-corrected chi connectivity index (χ4v) is 6.62. The Hall–Kier alpha value is -6.45. The standard InChI is InChI=1S/C43H55N7O9/c1-27(2)37-40(55)46-33(22-19-28-17-20-31(51)21-18-28)41(56)50(3)26-36(52)45-34(24-29-12-6-4-7-13-29)38(53)44-23-11-10-16-32(39(54)49-37)47-43(59)48-35(42(57)58)25-30-14-8-5-9-15-30/h4-9,12-15,17-18,20-21,27,32-35,37,51H,10-11,16,19,22-26H2,1-3H3,(H,44,53)(H,45,52)(H,46,55)(H,49,54)(H,57,58)(H2,47,48,59). The van der Waals surface area contributed by atoms with Crippen molar-refractivity contribution in [1.82, 2.24) is 36.8 Å². The number of amides is 7. The first kappa shape index (κ1) is 45.3. The molecule has 7 amide bonds. The summed E-state index contributed by atoms with van der Waals surface area (Å²) in [6.45, 7) is 3.15. The molecule has 0 aromatic heterocycles. The average Bonchev–Trinajstić information content (AvgIpc) is 3.20. The third kappa shape index (κ3) is 14.8. The molecule has 1 heterocycles.